The maximum absolute atomic E-state index is 11.3. The van der Waals surface area contributed by atoms with Gasteiger partial charge in [0.25, 0.3) is 5.91 Å². The van der Waals surface area contributed by atoms with Crippen molar-refractivity contribution < 1.29 is 19.1 Å². The van der Waals surface area contributed by atoms with Crippen LogP contribution in [0.1, 0.15) is 5.56 Å². The fourth-order valence-electron chi connectivity index (χ4n) is 1.63. The quantitative estimate of drug-likeness (QED) is 0.787. The van der Waals surface area contributed by atoms with E-state index < -0.39 is 6.09 Å². The number of carbonyl (C=O) groups excluding carboxylic acids is 2. The van der Waals surface area contributed by atoms with Crippen LogP contribution >= 0.6 is 0 Å². The van der Waals surface area contributed by atoms with Gasteiger partial charge in [-0.25, -0.2) is 9.69 Å². The Bertz CT molecular complexity index is 411. The van der Waals surface area contributed by atoms with Crippen molar-refractivity contribution in [3.8, 4) is 5.75 Å². The number of carbonyl (C=O) groups is 2. The summed E-state index contributed by atoms with van der Waals surface area (Å²) < 4.78 is 9.66. The van der Waals surface area contributed by atoms with Gasteiger partial charge < -0.3 is 9.47 Å². The lowest BCUT2D eigenvalue weighted by atomic mass is 10.1. The molecule has 2 rings (SSSR count). The highest BCUT2D eigenvalue weighted by molar-refractivity contribution is 5.97. The average Bonchev–Trinajstić information content (AvgIpc) is 2.67. The van der Waals surface area contributed by atoms with Crippen molar-refractivity contribution in [1.29, 1.82) is 0 Å². The van der Waals surface area contributed by atoms with Crippen molar-refractivity contribution in [1.82, 2.24) is 4.90 Å². The lowest BCUT2D eigenvalue weighted by Crippen LogP contribution is -2.31. The summed E-state index contributed by atoms with van der Waals surface area (Å²) in [4.78, 5) is 23.6. The highest BCUT2D eigenvalue weighted by atomic mass is 16.6. The molecule has 0 unspecified atom stereocenters. The number of benzene rings is 1. The van der Waals surface area contributed by atoms with Crippen molar-refractivity contribution in [3.05, 3.63) is 29.8 Å². The van der Waals surface area contributed by atoms with E-state index in [2.05, 4.69) is 4.74 Å². The second-order valence-corrected chi connectivity index (χ2v) is 3.70. The SMILES string of the molecule is COc1ccc(CCN2C(=O)COC2=O)cc1. The summed E-state index contributed by atoms with van der Waals surface area (Å²) in [6, 6.07) is 7.51. The largest absolute Gasteiger partial charge is 0.497 e. The van der Waals surface area contributed by atoms with Gasteiger partial charge in [-0.1, -0.05) is 12.1 Å². The van der Waals surface area contributed by atoms with Gasteiger partial charge in [0, 0.05) is 6.54 Å². The number of cyclic esters (lactones) is 1. The van der Waals surface area contributed by atoms with Crippen LogP contribution in [-0.4, -0.2) is 37.2 Å². The molecule has 1 aliphatic rings. The van der Waals surface area contributed by atoms with Crippen molar-refractivity contribution in [2.24, 2.45) is 0 Å². The third kappa shape index (κ3) is 2.55. The van der Waals surface area contributed by atoms with Crippen LogP contribution in [0.15, 0.2) is 24.3 Å². The highest BCUT2D eigenvalue weighted by Gasteiger charge is 2.30. The molecule has 5 heteroatoms. The minimum Gasteiger partial charge on any atom is -0.497 e. The highest BCUT2D eigenvalue weighted by Crippen LogP contribution is 2.13. The Morgan fingerprint density at radius 2 is 2.00 bits per heavy atom. The predicted octanol–water partition coefficient (Wildman–Crippen LogP) is 1.22. The standard InChI is InChI=1S/C12H13NO4/c1-16-10-4-2-9(3-5-10)6-7-13-11(14)8-17-12(13)15/h2-5H,6-8H2,1H3. The molecule has 0 saturated carbocycles. The van der Waals surface area contributed by atoms with Crippen LogP contribution in [0, 0.1) is 0 Å². The molecular formula is C12H13NO4. The molecule has 0 aromatic heterocycles. The molecule has 1 aromatic rings. The number of methoxy groups -OCH3 is 1. The Balaban J connectivity index is 1.93. The lowest BCUT2D eigenvalue weighted by molar-refractivity contribution is -0.125. The first-order chi connectivity index (χ1) is 8.20. The molecule has 1 aromatic carbocycles. The molecule has 1 fully saturated rings. The first-order valence-electron chi connectivity index (χ1n) is 5.31. The van der Waals surface area contributed by atoms with E-state index in [1.165, 1.54) is 0 Å². The van der Waals surface area contributed by atoms with Crippen molar-refractivity contribution in [2.75, 3.05) is 20.3 Å². The van der Waals surface area contributed by atoms with E-state index in [1.807, 2.05) is 24.3 Å². The lowest BCUT2D eigenvalue weighted by Gasteiger charge is -2.10. The third-order valence-electron chi connectivity index (χ3n) is 2.62. The molecule has 1 heterocycles. The van der Waals surface area contributed by atoms with E-state index in [1.54, 1.807) is 7.11 Å². The van der Waals surface area contributed by atoms with Crippen molar-refractivity contribution in [2.45, 2.75) is 6.42 Å². The molecule has 90 valence electrons. The van der Waals surface area contributed by atoms with E-state index in [0.29, 0.717) is 13.0 Å². The molecule has 5 nitrogen and oxygen atoms in total. The molecule has 0 atom stereocenters. The monoisotopic (exact) mass is 235 g/mol. The first kappa shape index (κ1) is 11.4. The molecule has 0 aliphatic carbocycles. The van der Waals surface area contributed by atoms with Gasteiger partial charge in [0.2, 0.25) is 0 Å². The number of hydrogen-bond donors (Lipinski definition) is 0. The number of imide groups is 1. The zero-order valence-electron chi connectivity index (χ0n) is 9.51. The summed E-state index contributed by atoms with van der Waals surface area (Å²) in [7, 11) is 1.61. The van der Waals surface area contributed by atoms with E-state index >= 15 is 0 Å². The molecule has 0 bridgehead atoms. The zero-order chi connectivity index (χ0) is 12.3. The Kier molecular flexibility index (Phi) is 3.27. The Labute approximate surface area is 98.9 Å². The van der Waals surface area contributed by atoms with Crippen LogP contribution in [0.4, 0.5) is 4.79 Å². The Morgan fingerprint density at radius 1 is 1.29 bits per heavy atom. The molecule has 0 spiro atoms. The topological polar surface area (TPSA) is 55.8 Å². The molecular weight excluding hydrogens is 222 g/mol. The minimum absolute atomic E-state index is 0.137. The summed E-state index contributed by atoms with van der Waals surface area (Å²) in [5, 5.41) is 0. The van der Waals surface area contributed by atoms with E-state index in [-0.39, 0.29) is 12.5 Å². The van der Waals surface area contributed by atoms with Gasteiger partial charge in [0.15, 0.2) is 6.61 Å². The van der Waals surface area contributed by atoms with Crippen LogP contribution < -0.4 is 4.74 Å². The van der Waals surface area contributed by atoms with E-state index in [0.717, 1.165) is 16.2 Å². The molecule has 17 heavy (non-hydrogen) atoms. The molecule has 0 radical (unpaired) electrons. The van der Waals surface area contributed by atoms with Gasteiger partial charge in [0.1, 0.15) is 5.75 Å². The summed E-state index contributed by atoms with van der Waals surface area (Å²) in [5.74, 6) is 0.508. The summed E-state index contributed by atoms with van der Waals surface area (Å²) in [6.45, 7) is 0.214. The maximum atomic E-state index is 11.3. The smallest absolute Gasteiger partial charge is 0.417 e. The van der Waals surface area contributed by atoms with Crippen LogP contribution in [0.3, 0.4) is 0 Å². The minimum atomic E-state index is -0.552. The maximum Gasteiger partial charge on any atom is 0.417 e. The summed E-state index contributed by atoms with van der Waals surface area (Å²) in [6.07, 6.45) is 0.0636. The molecule has 0 N–H and O–H groups in total. The predicted molar refractivity (Wildman–Crippen MR) is 59.8 cm³/mol. The van der Waals surface area contributed by atoms with Crippen LogP contribution in [0.2, 0.25) is 0 Å². The second-order valence-electron chi connectivity index (χ2n) is 3.70. The van der Waals surface area contributed by atoms with Crippen molar-refractivity contribution >= 4 is 12.0 Å². The second kappa shape index (κ2) is 4.86. The number of amides is 2. The number of hydrogen-bond acceptors (Lipinski definition) is 4. The average molecular weight is 235 g/mol. The Hall–Kier alpha value is -2.04. The van der Waals surface area contributed by atoms with Crippen LogP contribution in [-0.2, 0) is 16.0 Å². The van der Waals surface area contributed by atoms with Crippen LogP contribution in [0.25, 0.3) is 0 Å². The zero-order valence-corrected chi connectivity index (χ0v) is 9.51. The van der Waals surface area contributed by atoms with Crippen LogP contribution in [0.5, 0.6) is 5.75 Å². The third-order valence-corrected chi connectivity index (χ3v) is 2.62. The number of rotatable bonds is 4. The Morgan fingerprint density at radius 3 is 2.53 bits per heavy atom. The van der Waals surface area contributed by atoms with Gasteiger partial charge in [0.05, 0.1) is 7.11 Å². The molecule has 1 aliphatic heterocycles. The molecule has 2 amide bonds. The van der Waals surface area contributed by atoms with Crippen molar-refractivity contribution in [3.63, 3.8) is 0 Å². The van der Waals surface area contributed by atoms with Gasteiger partial charge >= 0.3 is 6.09 Å². The first-order valence-corrected chi connectivity index (χ1v) is 5.31. The normalized spacial score (nSPS) is 15.0. The summed E-state index contributed by atoms with van der Waals surface area (Å²) >= 11 is 0. The fourth-order valence-corrected chi connectivity index (χ4v) is 1.63. The van der Waals surface area contributed by atoms with Gasteiger partial charge in [-0.15, -0.1) is 0 Å². The van der Waals surface area contributed by atoms with Gasteiger partial charge in [-0.05, 0) is 24.1 Å². The summed E-state index contributed by atoms with van der Waals surface area (Å²) in [5.41, 5.74) is 1.04. The fraction of sp³-hybridized carbons (Fsp3) is 0.333. The number of nitrogens with zero attached hydrogens (tertiary/aromatic N) is 1. The van der Waals surface area contributed by atoms with Gasteiger partial charge in [-0.2, -0.15) is 0 Å². The van der Waals surface area contributed by atoms with E-state index in [4.69, 9.17) is 4.74 Å². The van der Waals surface area contributed by atoms with E-state index in [9.17, 15) is 9.59 Å². The van der Waals surface area contributed by atoms with Gasteiger partial charge in [-0.3, -0.25) is 4.79 Å². The molecule has 1 saturated heterocycles. The number of ether oxygens (including phenoxy) is 2.